The second kappa shape index (κ2) is 6.01. The summed E-state index contributed by atoms with van der Waals surface area (Å²) in [5.74, 6) is 2.15. The Morgan fingerprint density at radius 3 is 2.91 bits per heavy atom. The van der Waals surface area contributed by atoms with Gasteiger partial charge in [-0.2, -0.15) is 0 Å². The van der Waals surface area contributed by atoms with Crippen LogP contribution >= 0.6 is 0 Å². The molecule has 2 aliphatic heterocycles. The van der Waals surface area contributed by atoms with Crippen molar-refractivity contribution in [3.05, 3.63) is 23.5 Å². The fourth-order valence-electron chi connectivity index (χ4n) is 5.35. The second-order valence-corrected chi connectivity index (χ2v) is 7.97. The van der Waals surface area contributed by atoms with Gasteiger partial charge in [0, 0.05) is 24.5 Å². The summed E-state index contributed by atoms with van der Waals surface area (Å²) in [6, 6.07) is 1.98. The first-order valence-corrected chi connectivity index (χ1v) is 9.24. The van der Waals surface area contributed by atoms with Crippen LogP contribution in [0.2, 0.25) is 0 Å². The van der Waals surface area contributed by atoms with E-state index >= 15 is 0 Å². The van der Waals surface area contributed by atoms with E-state index in [1.54, 1.807) is 5.57 Å². The molecule has 2 heterocycles. The quantitative estimate of drug-likeness (QED) is 0.729. The topological polar surface area (TPSA) is 35.5 Å². The normalized spacial score (nSPS) is 42.9. The summed E-state index contributed by atoms with van der Waals surface area (Å²) in [4.78, 5) is 2.58. The highest BCUT2D eigenvalue weighted by molar-refractivity contribution is 5.20. The minimum absolute atomic E-state index is 0.585. The molecule has 3 heteroatoms. The Balaban J connectivity index is 1.43. The van der Waals surface area contributed by atoms with Gasteiger partial charge >= 0.3 is 0 Å². The fraction of sp³-hybridized carbons (Fsp3) is 0.789. The molecule has 0 spiro atoms. The highest BCUT2D eigenvalue weighted by Gasteiger charge is 2.37. The van der Waals surface area contributed by atoms with Crippen LogP contribution in [0.25, 0.3) is 0 Å². The number of allylic oxidation sites excluding steroid dienone is 1. The summed E-state index contributed by atoms with van der Waals surface area (Å²) in [5.41, 5.74) is 1.69. The van der Waals surface area contributed by atoms with Crippen molar-refractivity contribution < 1.29 is 5.11 Å². The summed E-state index contributed by atoms with van der Waals surface area (Å²) in [6.45, 7) is 1.28. The molecule has 2 fully saturated rings. The monoisotopic (exact) mass is 302 g/mol. The van der Waals surface area contributed by atoms with Gasteiger partial charge in [0.2, 0.25) is 0 Å². The van der Waals surface area contributed by atoms with Crippen molar-refractivity contribution in [2.75, 3.05) is 13.6 Å². The molecule has 2 N–H and O–H groups in total. The number of aliphatic hydroxyl groups is 1. The Hall–Kier alpha value is -0.800. The van der Waals surface area contributed by atoms with Crippen LogP contribution in [-0.4, -0.2) is 41.7 Å². The Bertz CT molecular complexity index is 484. The van der Waals surface area contributed by atoms with Crippen LogP contribution in [0.4, 0.5) is 0 Å². The van der Waals surface area contributed by atoms with E-state index in [4.69, 9.17) is 0 Å². The molecule has 22 heavy (non-hydrogen) atoms. The number of aliphatic hydroxyl groups excluding tert-OH is 1. The molecule has 0 saturated carbocycles. The highest BCUT2D eigenvalue weighted by Crippen LogP contribution is 2.39. The molecule has 3 nitrogen and oxygen atoms in total. The second-order valence-electron chi connectivity index (χ2n) is 7.97. The minimum Gasteiger partial charge on any atom is -0.513 e. The third-order valence-electron chi connectivity index (χ3n) is 6.65. The summed E-state index contributed by atoms with van der Waals surface area (Å²) in [6.07, 6.45) is 14.4. The number of nitrogens with zero attached hydrogens (tertiary/aromatic N) is 1. The molecule has 2 aliphatic carbocycles. The molecule has 4 aliphatic rings. The SMILES string of the molecule is CN1CCC[C@@H]2CC(C3CC[C@@H]4CC(O)=CCC4N3)=CCC21. The summed E-state index contributed by atoms with van der Waals surface area (Å²) in [7, 11) is 2.31. The largest absolute Gasteiger partial charge is 0.513 e. The first-order valence-electron chi connectivity index (χ1n) is 9.24. The van der Waals surface area contributed by atoms with Crippen molar-refractivity contribution in [2.45, 2.75) is 69.5 Å². The molecule has 2 saturated heterocycles. The standard InChI is InChI=1S/C19H30N2O/c1-21-10-2-3-15-11-13(5-9-19(15)21)17-7-4-14-12-16(22)6-8-18(14)20-17/h5-6,14-15,17-20,22H,2-4,7-12H2,1H3/t14-,15-,17?,18?,19?/m1/s1. The number of nitrogens with one attached hydrogen (secondary N) is 1. The van der Waals surface area contributed by atoms with Crippen molar-refractivity contribution in [3.63, 3.8) is 0 Å². The van der Waals surface area contributed by atoms with E-state index in [1.807, 2.05) is 6.08 Å². The minimum atomic E-state index is 0.585. The van der Waals surface area contributed by atoms with E-state index in [2.05, 4.69) is 23.3 Å². The fourth-order valence-corrected chi connectivity index (χ4v) is 5.35. The van der Waals surface area contributed by atoms with E-state index in [0.717, 1.165) is 24.8 Å². The Morgan fingerprint density at radius 1 is 1.09 bits per heavy atom. The number of piperidine rings is 2. The molecule has 0 aromatic rings. The third-order valence-corrected chi connectivity index (χ3v) is 6.65. The number of fused-ring (bicyclic) bond motifs is 2. The van der Waals surface area contributed by atoms with Crippen LogP contribution in [0.15, 0.2) is 23.5 Å². The van der Waals surface area contributed by atoms with Gasteiger partial charge in [0.1, 0.15) is 0 Å². The smallest absolute Gasteiger partial charge is 0.0886 e. The van der Waals surface area contributed by atoms with E-state index in [1.165, 1.54) is 45.1 Å². The van der Waals surface area contributed by atoms with Gasteiger partial charge in [-0.1, -0.05) is 11.6 Å². The van der Waals surface area contributed by atoms with Crippen LogP contribution in [0.1, 0.15) is 51.4 Å². The van der Waals surface area contributed by atoms with Crippen LogP contribution < -0.4 is 5.32 Å². The molecule has 0 radical (unpaired) electrons. The van der Waals surface area contributed by atoms with Crippen LogP contribution in [0.3, 0.4) is 0 Å². The average Bonchev–Trinajstić information content (AvgIpc) is 2.54. The number of hydrogen-bond acceptors (Lipinski definition) is 3. The zero-order chi connectivity index (χ0) is 15.1. The molecule has 0 amide bonds. The summed E-state index contributed by atoms with van der Waals surface area (Å²) in [5, 5.41) is 13.6. The lowest BCUT2D eigenvalue weighted by molar-refractivity contribution is 0.111. The lowest BCUT2D eigenvalue weighted by Gasteiger charge is -2.45. The highest BCUT2D eigenvalue weighted by atomic mass is 16.3. The third kappa shape index (κ3) is 2.74. The van der Waals surface area contributed by atoms with Gasteiger partial charge in [-0.15, -0.1) is 0 Å². The maximum Gasteiger partial charge on any atom is 0.0886 e. The Morgan fingerprint density at radius 2 is 2.00 bits per heavy atom. The van der Waals surface area contributed by atoms with E-state index in [0.29, 0.717) is 23.8 Å². The lowest BCUT2D eigenvalue weighted by atomic mass is 9.73. The molecular formula is C19H30N2O. The van der Waals surface area contributed by atoms with Gasteiger partial charge in [0.05, 0.1) is 5.76 Å². The first kappa shape index (κ1) is 14.8. The van der Waals surface area contributed by atoms with Crippen molar-refractivity contribution in [3.8, 4) is 0 Å². The summed E-state index contributed by atoms with van der Waals surface area (Å²) >= 11 is 0. The number of hydrogen-bond donors (Lipinski definition) is 2. The van der Waals surface area contributed by atoms with Gasteiger partial charge in [0.15, 0.2) is 0 Å². The van der Waals surface area contributed by atoms with Gasteiger partial charge in [-0.25, -0.2) is 0 Å². The molecule has 5 atom stereocenters. The molecule has 0 bridgehead atoms. The van der Waals surface area contributed by atoms with Crippen LogP contribution in [-0.2, 0) is 0 Å². The molecular weight excluding hydrogens is 272 g/mol. The maximum atomic E-state index is 9.73. The van der Waals surface area contributed by atoms with Gasteiger partial charge in [0.25, 0.3) is 0 Å². The van der Waals surface area contributed by atoms with Gasteiger partial charge in [-0.05, 0) is 76.5 Å². The Labute approximate surface area is 134 Å². The van der Waals surface area contributed by atoms with Crippen molar-refractivity contribution in [1.82, 2.24) is 10.2 Å². The first-order chi connectivity index (χ1) is 10.7. The molecule has 4 rings (SSSR count). The summed E-state index contributed by atoms with van der Waals surface area (Å²) < 4.78 is 0. The average molecular weight is 302 g/mol. The molecule has 0 aromatic carbocycles. The molecule has 3 unspecified atom stereocenters. The van der Waals surface area contributed by atoms with Crippen LogP contribution in [0.5, 0.6) is 0 Å². The molecule has 0 aromatic heterocycles. The lowest BCUT2D eigenvalue weighted by Crippen LogP contribution is -2.51. The maximum absolute atomic E-state index is 9.73. The van der Waals surface area contributed by atoms with E-state index in [9.17, 15) is 5.11 Å². The zero-order valence-electron chi connectivity index (χ0n) is 13.8. The molecule has 122 valence electrons. The zero-order valence-corrected chi connectivity index (χ0v) is 13.8. The number of likely N-dealkylation sites (tertiary alicyclic amines) is 1. The van der Waals surface area contributed by atoms with Gasteiger partial charge < -0.3 is 15.3 Å². The van der Waals surface area contributed by atoms with Crippen molar-refractivity contribution in [2.24, 2.45) is 11.8 Å². The predicted molar refractivity (Wildman–Crippen MR) is 89.8 cm³/mol. The van der Waals surface area contributed by atoms with E-state index in [-0.39, 0.29) is 0 Å². The number of rotatable bonds is 1. The predicted octanol–water partition coefficient (Wildman–Crippen LogP) is 3.39. The van der Waals surface area contributed by atoms with Gasteiger partial charge in [-0.3, -0.25) is 0 Å². The Kier molecular flexibility index (Phi) is 4.04. The van der Waals surface area contributed by atoms with Crippen LogP contribution in [0, 0.1) is 11.8 Å². The van der Waals surface area contributed by atoms with Crippen molar-refractivity contribution >= 4 is 0 Å². The van der Waals surface area contributed by atoms with Crippen molar-refractivity contribution in [1.29, 1.82) is 0 Å². The van der Waals surface area contributed by atoms with E-state index < -0.39 is 0 Å².